The Hall–Kier alpha value is -2.91. The second-order valence-electron chi connectivity index (χ2n) is 7.76. The fourth-order valence-corrected chi connectivity index (χ4v) is 4.27. The van der Waals surface area contributed by atoms with Crippen LogP contribution in [-0.4, -0.2) is 50.4 Å². The topological polar surface area (TPSA) is 93.1 Å². The second kappa shape index (κ2) is 9.07. The number of ether oxygens (including phenoxy) is 1. The Bertz CT molecular complexity index is 1080. The highest BCUT2D eigenvalue weighted by atomic mass is 32.1. The van der Waals surface area contributed by atoms with Crippen LogP contribution in [-0.2, 0) is 16.0 Å². The highest BCUT2D eigenvalue weighted by Crippen LogP contribution is 2.25. The maximum Gasteiger partial charge on any atom is 0.228 e. The van der Waals surface area contributed by atoms with Gasteiger partial charge in [-0.15, -0.1) is 11.3 Å². The van der Waals surface area contributed by atoms with Crippen molar-refractivity contribution >= 4 is 28.9 Å². The third-order valence-electron chi connectivity index (χ3n) is 4.96. The average Bonchev–Trinajstić information content (AvgIpc) is 3.11. The Morgan fingerprint density at radius 1 is 1.10 bits per heavy atom. The molecule has 0 spiro atoms. The van der Waals surface area contributed by atoms with E-state index in [1.165, 1.54) is 0 Å². The number of nitrogens with zero attached hydrogens (tertiary/aromatic N) is 5. The monoisotopic (exact) mass is 438 g/mol. The van der Waals surface area contributed by atoms with Crippen molar-refractivity contribution in [3.63, 3.8) is 0 Å². The zero-order valence-corrected chi connectivity index (χ0v) is 19.0. The molecular weight excluding hydrogens is 412 g/mol. The van der Waals surface area contributed by atoms with Gasteiger partial charge in [0.15, 0.2) is 0 Å². The van der Waals surface area contributed by atoms with Crippen LogP contribution in [0.2, 0.25) is 0 Å². The van der Waals surface area contributed by atoms with Gasteiger partial charge >= 0.3 is 0 Å². The summed E-state index contributed by atoms with van der Waals surface area (Å²) in [6.07, 6.45) is 0.0327. The Kier molecular flexibility index (Phi) is 6.24. The molecule has 3 aromatic heterocycles. The summed E-state index contributed by atoms with van der Waals surface area (Å²) >= 11 is 1.56. The van der Waals surface area contributed by atoms with E-state index < -0.39 is 0 Å². The van der Waals surface area contributed by atoms with Gasteiger partial charge < -0.3 is 15.0 Å². The van der Waals surface area contributed by atoms with Gasteiger partial charge in [0.1, 0.15) is 6.10 Å². The lowest BCUT2D eigenvalue weighted by Gasteiger charge is -2.33. The summed E-state index contributed by atoms with van der Waals surface area (Å²) in [6, 6.07) is 5.82. The smallest absolute Gasteiger partial charge is 0.228 e. The number of aromatic nitrogens is 4. The third kappa shape index (κ3) is 5.42. The van der Waals surface area contributed by atoms with E-state index in [0.717, 1.165) is 39.2 Å². The van der Waals surface area contributed by atoms with Crippen LogP contribution in [0.3, 0.4) is 0 Å². The molecule has 4 rings (SSSR count). The molecule has 0 unspecified atom stereocenters. The van der Waals surface area contributed by atoms with Gasteiger partial charge in [-0.1, -0.05) is 0 Å². The van der Waals surface area contributed by atoms with Gasteiger partial charge in [0.2, 0.25) is 11.9 Å². The van der Waals surface area contributed by atoms with Crippen LogP contribution >= 0.6 is 11.3 Å². The SMILES string of the molecule is Cc1cc(Nc2nc(C)cc(C)n2)cc([C@@H]2CN(C(=O)Cc3csc(C)n3)CCO2)n1. The minimum Gasteiger partial charge on any atom is -0.368 e. The number of nitrogens with one attached hydrogen (secondary N) is 1. The van der Waals surface area contributed by atoms with Crippen LogP contribution in [0.5, 0.6) is 0 Å². The van der Waals surface area contributed by atoms with E-state index in [4.69, 9.17) is 4.74 Å². The van der Waals surface area contributed by atoms with Crippen molar-refractivity contribution in [2.75, 3.05) is 25.0 Å². The number of thiazole rings is 1. The number of aryl methyl sites for hydroxylation is 4. The fourth-order valence-electron chi connectivity index (χ4n) is 3.65. The van der Waals surface area contributed by atoms with Crippen molar-refractivity contribution < 1.29 is 9.53 Å². The molecule has 4 heterocycles. The van der Waals surface area contributed by atoms with Crippen molar-refractivity contribution in [3.8, 4) is 0 Å². The van der Waals surface area contributed by atoms with E-state index in [2.05, 4.69) is 25.3 Å². The molecule has 162 valence electrons. The summed E-state index contributed by atoms with van der Waals surface area (Å²) in [5.74, 6) is 0.613. The number of carbonyl (C=O) groups is 1. The highest BCUT2D eigenvalue weighted by molar-refractivity contribution is 7.09. The molecule has 0 aliphatic carbocycles. The summed E-state index contributed by atoms with van der Waals surface area (Å²) in [6.45, 7) is 9.29. The van der Waals surface area contributed by atoms with Gasteiger partial charge in [-0.2, -0.15) is 0 Å². The molecule has 1 N–H and O–H groups in total. The van der Waals surface area contributed by atoms with Crippen LogP contribution in [0.1, 0.15) is 39.6 Å². The van der Waals surface area contributed by atoms with Crippen LogP contribution in [0.4, 0.5) is 11.6 Å². The molecule has 9 heteroatoms. The normalized spacial score (nSPS) is 16.4. The summed E-state index contributed by atoms with van der Waals surface area (Å²) in [4.78, 5) is 32.6. The van der Waals surface area contributed by atoms with E-state index >= 15 is 0 Å². The standard InChI is InChI=1S/C22H26N6O2S/c1-13-7-14(2)25-22(24-13)27-17-8-15(3)23-19(9-17)20-11-28(5-6-30-20)21(29)10-18-12-31-16(4)26-18/h7-9,12,20H,5-6,10-11H2,1-4H3,(H,23,24,25,27)/t20-/m0/s1. The lowest BCUT2D eigenvalue weighted by Crippen LogP contribution is -2.43. The number of hydrogen-bond donors (Lipinski definition) is 1. The summed E-state index contributed by atoms with van der Waals surface area (Å²) in [7, 11) is 0. The molecule has 1 atom stereocenters. The highest BCUT2D eigenvalue weighted by Gasteiger charge is 2.27. The average molecular weight is 439 g/mol. The largest absolute Gasteiger partial charge is 0.368 e. The van der Waals surface area contributed by atoms with Gasteiger partial charge in [-0.3, -0.25) is 9.78 Å². The number of carbonyl (C=O) groups excluding carboxylic acids is 1. The molecule has 1 aliphatic rings. The molecule has 0 aromatic carbocycles. The summed E-state index contributed by atoms with van der Waals surface area (Å²) < 4.78 is 5.97. The molecule has 8 nitrogen and oxygen atoms in total. The molecule has 3 aromatic rings. The van der Waals surface area contributed by atoms with Crippen LogP contribution in [0.25, 0.3) is 0 Å². The maximum atomic E-state index is 12.8. The van der Waals surface area contributed by atoms with E-state index in [1.54, 1.807) is 11.3 Å². The minimum absolute atomic E-state index is 0.0632. The van der Waals surface area contributed by atoms with Crippen molar-refractivity contribution in [1.29, 1.82) is 0 Å². The van der Waals surface area contributed by atoms with Gasteiger partial charge in [-0.05, 0) is 45.9 Å². The van der Waals surface area contributed by atoms with Gasteiger partial charge in [-0.25, -0.2) is 15.0 Å². The molecule has 31 heavy (non-hydrogen) atoms. The first-order valence-electron chi connectivity index (χ1n) is 10.2. The molecule has 0 radical (unpaired) electrons. The Morgan fingerprint density at radius 3 is 2.55 bits per heavy atom. The van der Waals surface area contributed by atoms with E-state index in [9.17, 15) is 4.79 Å². The number of rotatable bonds is 5. The van der Waals surface area contributed by atoms with Crippen molar-refractivity contribution in [2.45, 2.75) is 40.2 Å². The van der Waals surface area contributed by atoms with Crippen LogP contribution < -0.4 is 5.32 Å². The summed E-state index contributed by atoms with van der Waals surface area (Å²) in [5.41, 5.74) is 5.12. The van der Waals surface area contributed by atoms with Gasteiger partial charge in [0.25, 0.3) is 0 Å². The Morgan fingerprint density at radius 2 is 1.84 bits per heavy atom. The summed E-state index contributed by atoms with van der Waals surface area (Å²) in [5, 5.41) is 6.19. The molecule has 0 bridgehead atoms. The number of hydrogen-bond acceptors (Lipinski definition) is 8. The Labute approximate surface area is 185 Å². The molecule has 1 amide bonds. The first kappa shape index (κ1) is 21.3. The molecule has 0 saturated carbocycles. The number of amides is 1. The molecule has 1 aliphatic heterocycles. The van der Waals surface area contributed by atoms with Crippen molar-refractivity contribution in [2.24, 2.45) is 0 Å². The molecular formula is C22H26N6O2S. The number of morpholine rings is 1. The van der Waals surface area contributed by atoms with Crippen LogP contribution in [0.15, 0.2) is 23.6 Å². The van der Waals surface area contributed by atoms with Gasteiger partial charge in [0.05, 0.1) is 36.0 Å². The Balaban J connectivity index is 1.48. The van der Waals surface area contributed by atoms with E-state index in [0.29, 0.717) is 32.1 Å². The minimum atomic E-state index is -0.282. The number of anilines is 2. The predicted octanol–water partition coefficient (Wildman–Crippen LogP) is 3.45. The lowest BCUT2D eigenvalue weighted by molar-refractivity contribution is -0.138. The van der Waals surface area contributed by atoms with Crippen LogP contribution in [0, 0.1) is 27.7 Å². The van der Waals surface area contributed by atoms with Crippen molar-refractivity contribution in [1.82, 2.24) is 24.8 Å². The fraction of sp³-hybridized carbons (Fsp3) is 0.409. The third-order valence-corrected chi connectivity index (χ3v) is 5.78. The van der Waals surface area contributed by atoms with Gasteiger partial charge in [0, 0.05) is 34.7 Å². The maximum absolute atomic E-state index is 12.8. The van der Waals surface area contributed by atoms with E-state index in [-0.39, 0.29) is 12.0 Å². The zero-order valence-electron chi connectivity index (χ0n) is 18.2. The van der Waals surface area contributed by atoms with E-state index in [1.807, 2.05) is 56.2 Å². The molecule has 1 fully saturated rings. The second-order valence-corrected chi connectivity index (χ2v) is 8.82. The zero-order chi connectivity index (χ0) is 22.0. The van der Waals surface area contributed by atoms with Crippen molar-refractivity contribution in [3.05, 3.63) is 57.1 Å². The number of pyridine rings is 1. The predicted molar refractivity (Wildman–Crippen MR) is 120 cm³/mol. The lowest BCUT2D eigenvalue weighted by atomic mass is 10.1. The first-order valence-corrected chi connectivity index (χ1v) is 11.1. The molecule has 1 saturated heterocycles. The first-order chi connectivity index (χ1) is 14.9. The quantitative estimate of drug-likeness (QED) is 0.652.